The normalized spacial score (nSPS) is 15.2. The van der Waals surface area contributed by atoms with Gasteiger partial charge >= 0.3 is 0 Å². The Morgan fingerprint density at radius 2 is 1.77 bits per heavy atom. The number of halogens is 1. The second-order valence-corrected chi connectivity index (χ2v) is 6.92. The molecule has 1 N–H and O–H groups in total. The van der Waals surface area contributed by atoms with Gasteiger partial charge < -0.3 is 14.8 Å². The van der Waals surface area contributed by atoms with Crippen molar-refractivity contribution in [3.8, 4) is 11.5 Å². The third-order valence-corrected chi connectivity index (χ3v) is 4.94. The highest BCUT2D eigenvalue weighted by Crippen LogP contribution is 2.39. The molecule has 4 rings (SSSR count). The molecule has 1 aliphatic heterocycles. The van der Waals surface area contributed by atoms with E-state index in [0.29, 0.717) is 18.9 Å². The van der Waals surface area contributed by atoms with E-state index in [1.165, 1.54) is 6.07 Å². The van der Waals surface area contributed by atoms with Crippen LogP contribution < -0.4 is 19.7 Å². The summed E-state index contributed by atoms with van der Waals surface area (Å²) in [6.07, 6.45) is 0. The molecular formula is C24H23FN2O3. The Bertz CT molecular complexity index is 997. The number of fused-ring (bicyclic) bond motifs is 1. The van der Waals surface area contributed by atoms with Crippen LogP contribution in [0.1, 0.15) is 11.6 Å². The number of amides is 1. The van der Waals surface area contributed by atoms with E-state index in [1.807, 2.05) is 54.6 Å². The molecule has 1 heterocycles. The minimum Gasteiger partial charge on any atom is -0.489 e. The highest BCUT2D eigenvalue weighted by molar-refractivity contribution is 5.97. The number of ether oxygens (including phenoxy) is 2. The molecule has 1 aliphatic rings. The maximum absolute atomic E-state index is 13.6. The first-order valence-electron chi connectivity index (χ1n) is 9.91. The number of hydrogen-bond acceptors (Lipinski definition) is 4. The van der Waals surface area contributed by atoms with Crippen LogP contribution in [-0.4, -0.2) is 32.2 Å². The molecule has 0 fully saturated rings. The van der Waals surface area contributed by atoms with Crippen LogP contribution in [0.4, 0.5) is 10.1 Å². The van der Waals surface area contributed by atoms with Crippen molar-refractivity contribution in [2.24, 2.45) is 0 Å². The molecular weight excluding hydrogens is 383 g/mol. The molecule has 0 aliphatic carbocycles. The summed E-state index contributed by atoms with van der Waals surface area (Å²) in [6, 6.07) is 23.5. The smallest absolute Gasteiger partial charge is 0.241 e. The van der Waals surface area contributed by atoms with Crippen LogP contribution >= 0.6 is 0 Å². The fourth-order valence-electron chi connectivity index (χ4n) is 3.49. The summed E-state index contributed by atoms with van der Waals surface area (Å²) in [6.45, 7) is 1.21. The van der Waals surface area contributed by atoms with E-state index in [4.69, 9.17) is 9.47 Å². The number of rotatable bonds is 7. The summed E-state index contributed by atoms with van der Waals surface area (Å²) in [7, 11) is 0. The number of benzene rings is 3. The van der Waals surface area contributed by atoms with Gasteiger partial charge in [0.25, 0.3) is 0 Å². The Kier molecular flexibility index (Phi) is 6.25. The van der Waals surface area contributed by atoms with E-state index in [9.17, 15) is 9.18 Å². The van der Waals surface area contributed by atoms with Crippen molar-refractivity contribution < 1.29 is 18.7 Å². The zero-order chi connectivity index (χ0) is 20.8. The molecule has 154 valence electrons. The fraction of sp³-hybridized carbons (Fsp3) is 0.208. The largest absolute Gasteiger partial charge is 0.489 e. The van der Waals surface area contributed by atoms with Crippen LogP contribution in [-0.2, 0) is 4.79 Å². The van der Waals surface area contributed by atoms with E-state index >= 15 is 0 Å². The Labute approximate surface area is 175 Å². The van der Waals surface area contributed by atoms with Crippen LogP contribution in [0.15, 0.2) is 78.9 Å². The Morgan fingerprint density at radius 3 is 2.60 bits per heavy atom. The second-order valence-electron chi connectivity index (χ2n) is 6.92. The van der Waals surface area contributed by atoms with Crippen LogP contribution in [0.5, 0.6) is 11.5 Å². The average Bonchev–Trinajstić information content (AvgIpc) is 2.79. The van der Waals surface area contributed by atoms with Crippen molar-refractivity contribution in [2.45, 2.75) is 6.04 Å². The number of para-hydroxylation sites is 3. The zero-order valence-electron chi connectivity index (χ0n) is 16.5. The minimum atomic E-state index is -0.399. The molecule has 30 heavy (non-hydrogen) atoms. The number of carbonyl (C=O) groups excluding carboxylic acids is 1. The fourth-order valence-corrected chi connectivity index (χ4v) is 3.49. The van der Waals surface area contributed by atoms with E-state index in [0.717, 1.165) is 11.3 Å². The van der Waals surface area contributed by atoms with Gasteiger partial charge in [0.2, 0.25) is 5.91 Å². The number of nitrogens with one attached hydrogen (secondary N) is 1. The molecule has 0 bridgehead atoms. The predicted octanol–water partition coefficient (Wildman–Crippen LogP) is 3.96. The van der Waals surface area contributed by atoms with E-state index in [2.05, 4.69) is 5.32 Å². The van der Waals surface area contributed by atoms with Gasteiger partial charge in [-0.05, 0) is 29.8 Å². The van der Waals surface area contributed by atoms with Gasteiger partial charge in [0, 0.05) is 6.54 Å². The molecule has 0 saturated carbocycles. The van der Waals surface area contributed by atoms with Gasteiger partial charge in [0.05, 0.1) is 18.3 Å². The van der Waals surface area contributed by atoms with Crippen LogP contribution in [0.2, 0.25) is 0 Å². The van der Waals surface area contributed by atoms with Crippen molar-refractivity contribution in [1.82, 2.24) is 5.32 Å². The van der Waals surface area contributed by atoms with Gasteiger partial charge in [-0.2, -0.15) is 0 Å². The minimum absolute atomic E-state index is 0.0644. The summed E-state index contributed by atoms with van der Waals surface area (Å²) >= 11 is 0. The molecule has 3 aromatic carbocycles. The lowest BCUT2D eigenvalue weighted by atomic mass is 10.0. The lowest BCUT2D eigenvalue weighted by Crippen LogP contribution is -2.45. The quantitative estimate of drug-likeness (QED) is 0.604. The van der Waals surface area contributed by atoms with Gasteiger partial charge in [0.1, 0.15) is 19.0 Å². The van der Waals surface area contributed by atoms with E-state index < -0.39 is 5.82 Å². The Balaban J connectivity index is 1.40. The van der Waals surface area contributed by atoms with Crippen LogP contribution in [0.25, 0.3) is 0 Å². The van der Waals surface area contributed by atoms with Gasteiger partial charge in [-0.25, -0.2) is 4.39 Å². The first-order chi connectivity index (χ1) is 14.7. The number of carbonyl (C=O) groups is 1. The lowest BCUT2D eigenvalue weighted by molar-refractivity contribution is -0.118. The van der Waals surface area contributed by atoms with Crippen molar-refractivity contribution in [3.63, 3.8) is 0 Å². The van der Waals surface area contributed by atoms with Crippen molar-refractivity contribution >= 4 is 11.6 Å². The van der Waals surface area contributed by atoms with Gasteiger partial charge in [-0.3, -0.25) is 9.69 Å². The third kappa shape index (κ3) is 4.44. The first kappa shape index (κ1) is 19.9. The molecule has 0 aromatic heterocycles. The van der Waals surface area contributed by atoms with E-state index in [-0.39, 0.29) is 30.9 Å². The maximum atomic E-state index is 13.6. The van der Waals surface area contributed by atoms with Crippen LogP contribution in [0, 0.1) is 5.82 Å². The highest BCUT2D eigenvalue weighted by Gasteiger charge is 2.32. The molecule has 0 spiro atoms. The summed E-state index contributed by atoms with van der Waals surface area (Å²) in [4.78, 5) is 14.9. The molecule has 1 unspecified atom stereocenters. The summed E-state index contributed by atoms with van der Waals surface area (Å²) in [5.74, 6) is 0.437. The lowest BCUT2D eigenvalue weighted by Gasteiger charge is -2.37. The highest BCUT2D eigenvalue weighted by atomic mass is 19.1. The number of nitrogens with zero attached hydrogens (tertiary/aromatic N) is 1. The first-order valence-corrected chi connectivity index (χ1v) is 9.91. The molecule has 1 amide bonds. The molecule has 5 nitrogen and oxygen atoms in total. The van der Waals surface area contributed by atoms with Gasteiger partial charge in [-0.1, -0.05) is 54.6 Å². The standard InChI is InChI=1S/C24H23FN2O3/c25-19-10-4-6-12-22(19)29-15-14-26-16-24(28)27-20-11-5-7-13-23(20)30-17-21(27)18-8-2-1-3-9-18/h1-13,21,26H,14-17H2. The van der Waals surface area contributed by atoms with Crippen molar-refractivity contribution in [2.75, 3.05) is 31.2 Å². The second kappa shape index (κ2) is 9.41. The molecule has 1 atom stereocenters. The third-order valence-electron chi connectivity index (χ3n) is 4.94. The Hall–Kier alpha value is -3.38. The Morgan fingerprint density at radius 1 is 1.03 bits per heavy atom. The van der Waals surface area contributed by atoms with Crippen LogP contribution in [0.3, 0.4) is 0 Å². The zero-order valence-corrected chi connectivity index (χ0v) is 16.5. The average molecular weight is 406 g/mol. The van der Waals surface area contributed by atoms with Gasteiger partial charge in [0.15, 0.2) is 11.6 Å². The SMILES string of the molecule is O=C(CNCCOc1ccccc1F)N1c2ccccc2OCC1c1ccccc1. The van der Waals surface area contributed by atoms with E-state index in [1.54, 1.807) is 23.1 Å². The van der Waals surface area contributed by atoms with Gasteiger partial charge in [-0.15, -0.1) is 0 Å². The number of anilines is 1. The maximum Gasteiger partial charge on any atom is 0.241 e. The van der Waals surface area contributed by atoms with Crippen molar-refractivity contribution in [1.29, 1.82) is 0 Å². The summed E-state index contributed by atoms with van der Waals surface area (Å²) in [5, 5.41) is 3.10. The molecule has 0 saturated heterocycles. The molecule has 0 radical (unpaired) electrons. The topological polar surface area (TPSA) is 50.8 Å². The monoisotopic (exact) mass is 406 g/mol. The number of hydrogen-bond donors (Lipinski definition) is 1. The summed E-state index contributed by atoms with van der Waals surface area (Å²) < 4.78 is 24.9. The summed E-state index contributed by atoms with van der Waals surface area (Å²) in [5.41, 5.74) is 1.77. The molecule has 3 aromatic rings. The predicted molar refractivity (Wildman–Crippen MR) is 113 cm³/mol. The van der Waals surface area contributed by atoms with Crippen molar-refractivity contribution in [3.05, 3.63) is 90.2 Å². The molecule has 6 heteroatoms.